The Balaban J connectivity index is 1.86. The van der Waals surface area contributed by atoms with Crippen LogP contribution in [-0.4, -0.2) is 19.3 Å². The molecule has 1 aromatic rings. The first-order chi connectivity index (χ1) is 9.70. The van der Waals surface area contributed by atoms with Gasteiger partial charge in [-0.1, -0.05) is 56.0 Å². The number of nitrogens with one attached hydrogen (secondary N) is 1. The van der Waals surface area contributed by atoms with Crippen molar-refractivity contribution < 1.29 is 4.74 Å². The lowest BCUT2D eigenvalue weighted by Gasteiger charge is -2.28. The van der Waals surface area contributed by atoms with Crippen LogP contribution in [0.1, 0.15) is 56.7 Å². The van der Waals surface area contributed by atoms with Gasteiger partial charge in [0.05, 0.1) is 12.1 Å². The maximum Gasteiger partial charge on any atom is 0.0741 e. The third kappa shape index (κ3) is 4.32. The third-order valence-electron chi connectivity index (χ3n) is 4.46. The van der Waals surface area contributed by atoms with Crippen molar-refractivity contribution in [2.24, 2.45) is 5.92 Å². The van der Waals surface area contributed by atoms with Crippen molar-refractivity contribution in [2.45, 2.75) is 58.6 Å². The van der Waals surface area contributed by atoms with E-state index in [-0.39, 0.29) is 6.10 Å². The number of rotatable bonds is 8. The highest BCUT2D eigenvalue weighted by Gasteiger charge is 2.21. The van der Waals surface area contributed by atoms with E-state index >= 15 is 0 Å². The highest BCUT2D eigenvalue weighted by Crippen LogP contribution is 2.29. The normalized spacial score (nSPS) is 18.6. The van der Waals surface area contributed by atoms with E-state index in [0.717, 1.165) is 19.1 Å². The summed E-state index contributed by atoms with van der Waals surface area (Å²) in [6.45, 7) is 8.34. The number of ether oxygens (including phenoxy) is 1. The minimum Gasteiger partial charge on any atom is -0.377 e. The molecule has 1 aliphatic carbocycles. The molecule has 1 aliphatic rings. The molecule has 0 heterocycles. The molecule has 2 rings (SSSR count). The molecule has 112 valence electrons. The molecule has 2 atom stereocenters. The Bertz CT molecular complexity index is 383. The van der Waals surface area contributed by atoms with Crippen LogP contribution in [-0.2, 0) is 4.74 Å². The Morgan fingerprint density at radius 2 is 1.95 bits per heavy atom. The minimum absolute atomic E-state index is 0.220. The first-order valence-electron chi connectivity index (χ1n) is 8.12. The second-order valence-electron chi connectivity index (χ2n) is 6.11. The number of likely N-dealkylation sites (N-methyl/N-ethyl adjacent to an activating group) is 1. The van der Waals surface area contributed by atoms with Crippen molar-refractivity contribution in [1.29, 1.82) is 0 Å². The maximum atomic E-state index is 6.09. The summed E-state index contributed by atoms with van der Waals surface area (Å²) < 4.78 is 6.09. The molecule has 0 radical (unpaired) electrons. The molecule has 0 saturated heterocycles. The lowest BCUT2D eigenvalue weighted by atomic mass is 9.83. The van der Waals surface area contributed by atoms with Gasteiger partial charge in [0.15, 0.2) is 0 Å². The van der Waals surface area contributed by atoms with Crippen molar-refractivity contribution in [1.82, 2.24) is 5.32 Å². The summed E-state index contributed by atoms with van der Waals surface area (Å²) in [5, 5.41) is 3.56. The van der Waals surface area contributed by atoms with E-state index in [4.69, 9.17) is 4.74 Å². The first-order valence-corrected chi connectivity index (χ1v) is 8.12. The highest BCUT2D eigenvalue weighted by atomic mass is 16.5. The summed E-state index contributed by atoms with van der Waals surface area (Å²) in [5.74, 6) is 0.930. The standard InChI is InChI=1S/C18H29NO/c1-4-19-18(17-10-8-14(2)9-11-17)15(3)20-13-12-16-6-5-7-16/h8-11,15-16,18-19H,4-7,12-13H2,1-3H3. The lowest BCUT2D eigenvalue weighted by Crippen LogP contribution is -2.32. The molecule has 0 bridgehead atoms. The molecule has 0 spiro atoms. The van der Waals surface area contributed by atoms with Crippen LogP contribution in [0.2, 0.25) is 0 Å². The average molecular weight is 275 g/mol. The van der Waals surface area contributed by atoms with Crippen molar-refractivity contribution >= 4 is 0 Å². The fourth-order valence-corrected chi connectivity index (χ4v) is 2.85. The van der Waals surface area contributed by atoms with Crippen LogP contribution in [0, 0.1) is 12.8 Å². The molecule has 2 unspecified atom stereocenters. The molecular weight excluding hydrogens is 246 g/mol. The molecule has 1 aromatic carbocycles. The Hall–Kier alpha value is -0.860. The SMILES string of the molecule is CCNC(c1ccc(C)cc1)C(C)OCCC1CCC1. The van der Waals surface area contributed by atoms with Gasteiger partial charge in [-0.25, -0.2) is 0 Å². The predicted molar refractivity (Wildman–Crippen MR) is 85.0 cm³/mol. The van der Waals surface area contributed by atoms with Gasteiger partial charge in [0, 0.05) is 6.61 Å². The Labute approximate surface area is 123 Å². The monoisotopic (exact) mass is 275 g/mol. The van der Waals surface area contributed by atoms with E-state index in [1.165, 1.54) is 36.8 Å². The summed E-state index contributed by atoms with van der Waals surface area (Å²) in [5.41, 5.74) is 2.64. The average Bonchev–Trinajstić information content (AvgIpc) is 2.40. The van der Waals surface area contributed by atoms with E-state index in [1.807, 2.05) is 0 Å². The molecule has 2 heteroatoms. The number of aryl methyl sites for hydroxylation is 1. The molecule has 2 nitrogen and oxygen atoms in total. The minimum atomic E-state index is 0.220. The zero-order valence-corrected chi connectivity index (χ0v) is 13.2. The summed E-state index contributed by atoms with van der Waals surface area (Å²) >= 11 is 0. The van der Waals surface area contributed by atoms with Gasteiger partial charge in [0.2, 0.25) is 0 Å². The van der Waals surface area contributed by atoms with E-state index < -0.39 is 0 Å². The molecule has 0 amide bonds. The predicted octanol–water partition coefficient (Wildman–Crippen LogP) is 4.24. The number of benzene rings is 1. The van der Waals surface area contributed by atoms with Gasteiger partial charge < -0.3 is 10.1 Å². The van der Waals surface area contributed by atoms with E-state index in [1.54, 1.807) is 0 Å². The third-order valence-corrected chi connectivity index (χ3v) is 4.46. The van der Waals surface area contributed by atoms with Gasteiger partial charge in [-0.15, -0.1) is 0 Å². The quantitative estimate of drug-likeness (QED) is 0.766. The second-order valence-corrected chi connectivity index (χ2v) is 6.11. The van der Waals surface area contributed by atoms with Gasteiger partial charge >= 0.3 is 0 Å². The molecule has 20 heavy (non-hydrogen) atoms. The Morgan fingerprint density at radius 1 is 1.25 bits per heavy atom. The van der Waals surface area contributed by atoms with Crippen LogP contribution in [0.4, 0.5) is 0 Å². The largest absolute Gasteiger partial charge is 0.377 e. The molecule has 1 fully saturated rings. The van der Waals surface area contributed by atoms with Gasteiger partial charge in [-0.05, 0) is 38.3 Å². The molecule has 0 aliphatic heterocycles. The Morgan fingerprint density at radius 3 is 2.50 bits per heavy atom. The highest BCUT2D eigenvalue weighted by molar-refractivity contribution is 5.24. The van der Waals surface area contributed by atoms with Gasteiger partial charge in [0.1, 0.15) is 0 Å². The lowest BCUT2D eigenvalue weighted by molar-refractivity contribution is 0.0255. The van der Waals surface area contributed by atoms with Crippen LogP contribution in [0.15, 0.2) is 24.3 Å². The maximum absolute atomic E-state index is 6.09. The first kappa shape index (κ1) is 15.5. The van der Waals surface area contributed by atoms with E-state index in [9.17, 15) is 0 Å². The van der Waals surface area contributed by atoms with Crippen LogP contribution in [0.25, 0.3) is 0 Å². The van der Waals surface area contributed by atoms with Gasteiger partial charge in [0.25, 0.3) is 0 Å². The number of hydrogen-bond donors (Lipinski definition) is 1. The van der Waals surface area contributed by atoms with Crippen LogP contribution >= 0.6 is 0 Å². The van der Waals surface area contributed by atoms with Gasteiger partial charge in [-0.3, -0.25) is 0 Å². The van der Waals surface area contributed by atoms with E-state index in [2.05, 4.69) is 50.4 Å². The zero-order chi connectivity index (χ0) is 14.4. The smallest absolute Gasteiger partial charge is 0.0741 e. The molecule has 1 N–H and O–H groups in total. The van der Waals surface area contributed by atoms with Crippen LogP contribution in [0.3, 0.4) is 0 Å². The van der Waals surface area contributed by atoms with Crippen molar-refractivity contribution in [2.75, 3.05) is 13.2 Å². The molecule has 1 saturated carbocycles. The zero-order valence-electron chi connectivity index (χ0n) is 13.2. The van der Waals surface area contributed by atoms with E-state index in [0.29, 0.717) is 6.04 Å². The fraction of sp³-hybridized carbons (Fsp3) is 0.667. The number of hydrogen-bond acceptors (Lipinski definition) is 2. The Kier molecular flexibility index (Phi) is 6.06. The summed E-state index contributed by atoms with van der Waals surface area (Å²) in [6, 6.07) is 9.09. The fourth-order valence-electron chi connectivity index (χ4n) is 2.85. The van der Waals surface area contributed by atoms with Crippen LogP contribution < -0.4 is 5.32 Å². The molecular formula is C18H29NO. The second kappa shape index (κ2) is 7.80. The summed E-state index contributed by atoms with van der Waals surface area (Å²) in [6.07, 6.45) is 5.69. The summed E-state index contributed by atoms with van der Waals surface area (Å²) in [4.78, 5) is 0. The van der Waals surface area contributed by atoms with Crippen molar-refractivity contribution in [3.8, 4) is 0 Å². The van der Waals surface area contributed by atoms with Crippen molar-refractivity contribution in [3.05, 3.63) is 35.4 Å². The topological polar surface area (TPSA) is 21.3 Å². The van der Waals surface area contributed by atoms with Crippen molar-refractivity contribution in [3.63, 3.8) is 0 Å². The van der Waals surface area contributed by atoms with Crippen LogP contribution in [0.5, 0.6) is 0 Å². The molecule has 0 aromatic heterocycles. The van der Waals surface area contributed by atoms with Gasteiger partial charge in [-0.2, -0.15) is 0 Å². The summed E-state index contributed by atoms with van der Waals surface area (Å²) in [7, 11) is 0.